The van der Waals surface area contributed by atoms with Crippen molar-refractivity contribution in [3.8, 4) is 12.1 Å². The Morgan fingerprint density at radius 1 is 1.09 bits per heavy atom. The lowest BCUT2D eigenvalue weighted by atomic mass is 10.1. The molecule has 0 aliphatic heterocycles. The summed E-state index contributed by atoms with van der Waals surface area (Å²) < 4.78 is 0.235. The monoisotopic (exact) mass is 326 g/mol. The fourth-order valence-corrected chi connectivity index (χ4v) is 3.27. The molecule has 108 valence electrons. The first-order valence-corrected chi connectivity index (χ1v) is 7.70. The molecule has 0 aliphatic carbocycles. The van der Waals surface area contributed by atoms with E-state index in [4.69, 9.17) is 21.3 Å². The molecule has 0 atom stereocenters. The van der Waals surface area contributed by atoms with Gasteiger partial charge >= 0.3 is 0 Å². The lowest BCUT2D eigenvalue weighted by Crippen LogP contribution is -1.97. The first-order chi connectivity index (χ1) is 10.4. The third-order valence-corrected chi connectivity index (χ3v) is 4.37. The number of nitriles is 2. The third-order valence-electron chi connectivity index (χ3n) is 2.61. The van der Waals surface area contributed by atoms with E-state index >= 15 is 0 Å². The minimum absolute atomic E-state index is 0.235. The van der Waals surface area contributed by atoms with E-state index in [-0.39, 0.29) is 15.5 Å². The molecule has 2 aromatic rings. The van der Waals surface area contributed by atoms with E-state index in [9.17, 15) is 0 Å². The summed E-state index contributed by atoms with van der Waals surface area (Å²) in [6.45, 7) is 3.38. The Kier molecular flexibility index (Phi) is 4.76. The number of aryl methyl sites for hydroxylation is 1. The molecule has 0 fully saturated rings. The number of nitrogens with zero attached hydrogens (tertiary/aromatic N) is 4. The molecule has 0 saturated carbocycles. The highest BCUT2D eigenvalue weighted by molar-refractivity contribution is 8.44. The molecule has 0 spiro atoms. The molecule has 1 aromatic carbocycles. The van der Waals surface area contributed by atoms with Crippen molar-refractivity contribution in [2.45, 2.75) is 18.9 Å². The van der Waals surface area contributed by atoms with Gasteiger partial charge in [0.15, 0.2) is 0 Å². The van der Waals surface area contributed by atoms with Crippen LogP contribution >= 0.6 is 23.5 Å². The van der Waals surface area contributed by atoms with Crippen LogP contribution in [0.5, 0.6) is 0 Å². The maximum atomic E-state index is 9.06. The maximum absolute atomic E-state index is 9.06. The molecular formula is C14H10N6S2. The lowest BCUT2D eigenvalue weighted by molar-refractivity contribution is 1.04. The summed E-state index contributed by atoms with van der Waals surface area (Å²) in [4.78, 5) is 8.81. The number of fused-ring (bicyclic) bond motifs is 1. The zero-order valence-corrected chi connectivity index (χ0v) is 13.4. The third kappa shape index (κ3) is 3.42. The average molecular weight is 326 g/mol. The number of hydrogen-bond donors (Lipinski definition) is 2. The number of nitrogens with one attached hydrogen (secondary N) is 2. The molecule has 2 rings (SSSR count). The van der Waals surface area contributed by atoms with Crippen molar-refractivity contribution in [2.24, 2.45) is 0 Å². The van der Waals surface area contributed by atoms with Crippen LogP contribution in [-0.4, -0.2) is 19.4 Å². The van der Waals surface area contributed by atoms with Gasteiger partial charge in [0, 0.05) is 0 Å². The fourth-order valence-electron chi connectivity index (χ4n) is 1.70. The molecule has 8 heteroatoms. The van der Waals surface area contributed by atoms with Crippen molar-refractivity contribution in [1.82, 2.24) is 9.97 Å². The van der Waals surface area contributed by atoms with Gasteiger partial charge in [0.2, 0.25) is 0 Å². The predicted octanol–water partition coefficient (Wildman–Crippen LogP) is 3.44. The van der Waals surface area contributed by atoms with Crippen LogP contribution in [0.3, 0.4) is 0 Å². The van der Waals surface area contributed by atoms with Gasteiger partial charge in [-0.3, -0.25) is 10.8 Å². The fraction of sp³-hybridized carbons (Fsp3) is 0.143. The summed E-state index contributed by atoms with van der Waals surface area (Å²) in [5.41, 5.74) is 2.21. The topological polar surface area (TPSA) is 121 Å². The van der Waals surface area contributed by atoms with E-state index in [0.717, 1.165) is 23.5 Å². The summed E-state index contributed by atoms with van der Waals surface area (Å²) in [6, 6.07) is 7.01. The average Bonchev–Trinajstić information content (AvgIpc) is 2.46. The zero-order valence-electron chi connectivity index (χ0n) is 11.8. The normalized spacial score (nSPS) is 10.0. The SMILES string of the molecule is CC(=N)SC(=N)Sc1nc2cc(C#N)c(C#N)cc2nc1C. The van der Waals surface area contributed by atoms with Gasteiger partial charge in [0.05, 0.1) is 32.9 Å². The van der Waals surface area contributed by atoms with Crippen LogP contribution in [0.4, 0.5) is 0 Å². The van der Waals surface area contributed by atoms with Crippen LogP contribution in [0.25, 0.3) is 11.0 Å². The second kappa shape index (κ2) is 6.56. The molecule has 0 saturated heterocycles. The molecular weight excluding hydrogens is 316 g/mol. The zero-order chi connectivity index (χ0) is 16.3. The molecule has 0 amide bonds. The van der Waals surface area contributed by atoms with E-state index < -0.39 is 0 Å². The highest BCUT2D eigenvalue weighted by atomic mass is 32.2. The summed E-state index contributed by atoms with van der Waals surface area (Å²) >= 11 is 2.16. The molecule has 6 nitrogen and oxygen atoms in total. The standard InChI is InChI=1S/C14H10N6S2/c1-7-13(22-14(18)21-8(2)17)20-12-4-10(6-16)9(5-15)3-11(12)19-7/h3-4,17-18H,1-2H3. The van der Waals surface area contributed by atoms with Crippen LogP contribution < -0.4 is 0 Å². The number of benzene rings is 1. The van der Waals surface area contributed by atoms with Gasteiger partial charge in [-0.25, -0.2) is 9.97 Å². The number of hydrogen-bond acceptors (Lipinski definition) is 8. The Hall–Kier alpha value is -2.42. The van der Waals surface area contributed by atoms with Crippen molar-refractivity contribution >= 4 is 44.0 Å². The van der Waals surface area contributed by atoms with Crippen molar-refractivity contribution in [3.05, 3.63) is 29.0 Å². The van der Waals surface area contributed by atoms with Gasteiger partial charge in [0.25, 0.3) is 0 Å². The van der Waals surface area contributed by atoms with E-state index in [1.165, 1.54) is 6.07 Å². The number of aromatic nitrogens is 2. The van der Waals surface area contributed by atoms with Gasteiger partial charge in [-0.2, -0.15) is 10.5 Å². The molecule has 0 unspecified atom stereocenters. The van der Waals surface area contributed by atoms with Crippen molar-refractivity contribution < 1.29 is 0 Å². The first kappa shape index (κ1) is 16.0. The van der Waals surface area contributed by atoms with Crippen LogP contribution in [0.1, 0.15) is 23.7 Å². The Labute approximate surface area is 135 Å². The summed E-state index contributed by atoms with van der Waals surface area (Å²) in [5.74, 6) is 0. The summed E-state index contributed by atoms with van der Waals surface area (Å²) in [6.07, 6.45) is 0. The van der Waals surface area contributed by atoms with Gasteiger partial charge in [0.1, 0.15) is 21.5 Å². The predicted molar refractivity (Wildman–Crippen MR) is 88.3 cm³/mol. The lowest BCUT2D eigenvalue weighted by Gasteiger charge is -2.07. The van der Waals surface area contributed by atoms with Crippen LogP contribution in [0.15, 0.2) is 17.2 Å². The van der Waals surface area contributed by atoms with Crippen molar-refractivity contribution in [2.75, 3.05) is 0 Å². The molecule has 0 radical (unpaired) electrons. The molecule has 22 heavy (non-hydrogen) atoms. The van der Waals surface area contributed by atoms with Gasteiger partial charge in [-0.05, 0) is 49.5 Å². The molecule has 1 heterocycles. The van der Waals surface area contributed by atoms with E-state index in [0.29, 0.717) is 26.8 Å². The highest BCUT2D eigenvalue weighted by Crippen LogP contribution is 2.28. The Morgan fingerprint density at radius 3 is 2.14 bits per heavy atom. The van der Waals surface area contributed by atoms with Crippen molar-refractivity contribution in [3.63, 3.8) is 0 Å². The molecule has 2 N–H and O–H groups in total. The summed E-state index contributed by atoms with van der Waals surface area (Å²) in [5, 5.41) is 34.2. The Morgan fingerprint density at radius 2 is 1.64 bits per heavy atom. The summed E-state index contributed by atoms with van der Waals surface area (Å²) in [7, 11) is 0. The minimum Gasteiger partial charge on any atom is -0.298 e. The maximum Gasteiger partial charge on any atom is 0.134 e. The minimum atomic E-state index is 0.235. The van der Waals surface area contributed by atoms with Gasteiger partial charge in [-0.1, -0.05) is 0 Å². The largest absolute Gasteiger partial charge is 0.298 e. The molecule has 0 aliphatic rings. The van der Waals surface area contributed by atoms with Crippen LogP contribution in [0.2, 0.25) is 0 Å². The van der Waals surface area contributed by atoms with Crippen LogP contribution in [-0.2, 0) is 0 Å². The molecule has 0 bridgehead atoms. The van der Waals surface area contributed by atoms with Crippen LogP contribution in [0, 0.1) is 40.4 Å². The Balaban J connectivity index is 2.48. The van der Waals surface area contributed by atoms with Gasteiger partial charge < -0.3 is 0 Å². The Bertz CT molecular complexity index is 876. The van der Waals surface area contributed by atoms with Gasteiger partial charge in [-0.15, -0.1) is 0 Å². The molecule has 1 aromatic heterocycles. The second-order valence-electron chi connectivity index (χ2n) is 4.27. The smallest absolute Gasteiger partial charge is 0.134 e. The first-order valence-electron chi connectivity index (χ1n) is 6.06. The van der Waals surface area contributed by atoms with Crippen molar-refractivity contribution in [1.29, 1.82) is 21.3 Å². The second-order valence-corrected chi connectivity index (χ2v) is 6.75. The quantitative estimate of drug-likeness (QED) is 0.470. The van der Waals surface area contributed by atoms with E-state index in [1.54, 1.807) is 19.9 Å². The number of thioether (sulfide) groups is 2. The number of rotatable bonds is 1. The van der Waals surface area contributed by atoms with E-state index in [2.05, 4.69) is 9.97 Å². The van der Waals surface area contributed by atoms with E-state index in [1.807, 2.05) is 12.1 Å². The highest BCUT2D eigenvalue weighted by Gasteiger charge is 2.12.